The van der Waals surface area contributed by atoms with E-state index in [0.29, 0.717) is 0 Å². The molecule has 1 aliphatic heterocycles. The van der Waals surface area contributed by atoms with Crippen molar-refractivity contribution in [3.63, 3.8) is 0 Å². The lowest BCUT2D eigenvalue weighted by Crippen LogP contribution is -2.45. The van der Waals surface area contributed by atoms with Crippen LogP contribution in [0.5, 0.6) is 5.75 Å². The molecule has 1 N–H and O–H groups in total. The van der Waals surface area contributed by atoms with E-state index in [4.69, 9.17) is 4.74 Å². The van der Waals surface area contributed by atoms with Gasteiger partial charge in [-0.2, -0.15) is 0 Å². The van der Waals surface area contributed by atoms with Gasteiger partial charge in [0.1, 0.15) is 5.75 Å². The van der Waals surface area contributed by atoms with Crippen LogP contribution in [0.4, 0.5) is 5.69 Å². The average Bonchev–Trinajstić information content (AvgIpc) is 2.19. The predicted molar refractivity (Wildman–Crippen MR) is 61.6 cm³/mol. The van der Waals surface area contributed by atoms with Gasteiger partial charge in [0.15, 0.2) is 5.60 Å². The van der Waals surface area contributed by atoms with Crippen LogP contribution in [-0.4, -0.2) is 17.8 Å². The van der Waals surface area contributed by atoms with Crippen molar-refractivity contribution in [3.05, 3.63) is 18.2 Å². The molecule has 0 unspecified atom stereocenters. The average molecular weight is 223 g/mol. The van der Waals surface area contributed by atoms with Crippen molar-refractivity contribution in [2.24, 2.45) is 0 Å². The number of fused-ring (bicyclic) bond motifs is 1. The van der Waals surface area contributed by atoms with Gasteiger partial charge in [0.2, 0.25) is 0 Å². The molecule has 0 fully saturated rings. The molecule has 0 atom stereocenters. The van der Waals surface area contributed by atoms with Crippen LogP contribution < -0.4 is 10.1 Å². The van der Waals surface area contributed by atoms with E-state index in [1.807, 2.05) is 24.5 Å². The SMILES string of the molecule is CSc1ccc2c(c1)NC(=O)C(C)(C)O2. The van der Waals surface area contributed by atoms with E-state index in [9.17, 15) is 4.79 Å². The van der Waals surface area contributed by atoms with Gasteiger partial charge >= 0.3 is 0 Å². The fourth-order valence-electron chi connectivity index (χ4n) is 1.42. The van der Waals surface area contributed by atoms with E-state index in [0.717, 1.165) is 16.3 Å². The number of thioether (sulfide) groups is 1. The number of anilines is 1. The predicted octanol–water partition coefficient (Wildman–Crippen LogP) is 2.52. The second-order valence-corrected chi connectivity index (χ2v) is 4.81. The van der Waals surface area contributed by atoms with Crippen LogP contribution in [0.1, 0.15) is 13.8 Å². The van der Waals surface area contributed by atoms with E-state index in [1.54, 1.807) is 25.6 Å². The number of rotatable bonds is 1. The van der Waals surface area contributed by atoms with E-state index in [2.05, 4.69) is 5.32 Å². The summed E-state index contributed by atoms with van der Waals surface area (Å²) in [5.74, 6) is 0.630. The summed E-state index contributed by atoms with van der Waals surface area (Å²) in [5.41, 5.74) is -0.0281. The zero-order valence-electron chi connectivity index (χ0n) is 8.96. The Labute approximate surface area is 93.2 Å². The van der Waals surface area contributed by atoms with Crippen molar-refractivity contribution < 1.29 is 9.53 Å². The van der Waals surface area contributed by atoms with Gasteiger partial charge in [-0.3, -0.25) is 4.79 Å². The largest absolute Gasteiger partial charge is 0.476 e. The monoisotopic (exact) mass is 223 g/mol. The smallest absolute Gasteiger partial charge is 0.268 e. The van der Waals surface area contributed by atoms with Gasteiger partial charge in [-0.15, -0.1) is 11.8 Å². The number of hydrogen-bond donors (Lipinski definition) is 1. The summed E-state index contributed by atoms with van der Waals surface area (Å²) >= 11 is 1.64. The van der Waals surface area contributed by atoms with Gasteiger partial charge in [0.25, 0.3) is 5.91 Å². The van der Waals surface area contributed by atoms with Crippen molar-refractivity contribution >= 4 is 23.4 Å². The van der Waals surface area contributed by atoms with Crippen LogP contribution in [0.15, 0.2) is 23.1 Å². The van der Waals surface area contributed by atoms with Gasteiger partial charge in [-0.1, -0.05) is 0 Å². The molecule has 1 amide bonds. The minimum atomic E-state index is -0.784. The Bertz CT molecular complexity index is 415. The molecule has 0 aliphatic carbocycles. The summed E-state index contributed by atoms with van der Waals surface area (Å²) in [6.07, 6.45) is 2.00. The maximum absolute atomic E-state index is 11.6. The minimum absolute atomic E-state index is 0.103. The molecule has 80 valence electrons. The van der Waals surface area contributed by atoms with Crippen molar-refractivity contribution in [1.29, 1.82) is 0 Å². The van der Waals surface area contributed by atoms with Crippen LogP contribution in [0, 0.1) is 0 Å². The summed E-state index contributed by atoms with van der Waals surface area (Å²) < 4.78 is 5.61. The third-order valence-corrected chi connectivity index (χ3v) is 3.07. The topological polar surface area (TPSA) is 38.3 Å². The third kappa shape index (κ3) is 1.81. The summed E-state index contributed by atoms with van der Waals surface area (Å²) in [7, 11) is 0. The van der Waals surface area contributed by atoms with Crippen LogP contribution in [0.2, 0.25) is 0 Å². The van der Waals surface area contributed by atoms with Gasteiger partial charge in [-0.05, 0) is 38.3 Å². The zero-order chi connectivity index (χ0) is 11.1. The van der Waals surface area contributed by atoms with Gasteiger partial charge in [0, 0.05) is 4.90 Å². The fourth-order valence-corrected chi connectivity index (χ4v) is 1.86. The fraction of sp³-hybridized carbons (Fsp3) is 0.364. The van der Waals surface area contributed by atoms with E-state index in [1.165, 1.54) is 0 Å². The van der Waals surface area contributed by atoms with Gasteiger partial charge in [0.05, 0.1) is 5.69 Å². The summed E-state index contributed by atoms with van der Waals surface area (Å²) in [5, 5.41) is 2.85. The van der Waals surface area contributed by atoms with Crippen molar-refractivity contribution in [1.82, 2.24) is 0 Å². The molecule has 3 nitrogen and oxygen atoms in total. The molecule has 1 aromatic rings. The molecule has 0 radical (unpaired) electrons. The molecule has 1 heterocycles. The second kappa shape index (κ2) is 3.45. The van der Waals surface area contributed by atoms with Crippen LogP contribution in [0.3, 0.4) is 0 Å². The molecule has 2 rings (SSSR count). The first kappa shape index (κ1) is 10.4. The van der Waals surface area contributed by atoms with Gasteiger partial charge < -0.3 is 10.1 Å². The first-order chi connectivity index (χ1) is 7.03. The molecular formula is C11H13NO2S. The number of amides is 1. The Balaban J connectivity index is 2.41. The third-order valence-electron chi connectivity index (χ3n) is 2.35. The highest BCUT2D eigenvalue weighted by Gasteiger charge is 2.35. The molecule has 1 aromatic carbocycles. The Kier molecular flexibility index (Phi) is 2.38. The Morgan fingerprint density at radius 1 is 1.40 bits per heavy atom. The van der Waals surface area contributed by atoms with E-state index < -0.39 is 5.60 Å². The number of benzene rings is 1. The molecule has 0 aromatic heterocycles. The van der Waals surface area contributed by atoms with E-state index in [-0.39, 0.29) is 5.91 Å². The van der Waals surface area contributed by atoms with Crippen molar-refractivity contribution in [3.8, 4) is 5.75 Å². The van der Waals surface area contributed by atoms with Crippen molar-refractivity contribution in [2.45, 2.75) is 24.3 Å². The zero-order valence-corrected chi connectivity index (χ0v) is 9.77. The van der Waals surface area contributed by atoms with Crippen LogP contribution >= 0.6 is 11.8 Å². The lowest BCUT2D eigenvalue weighted by molar-refractivity contribution is -0.129. The number of carbonyl (C=O) groups is 1. The Hall–Kier alpha value is -1.16. The maximum atomic E-state index is 11.6. The number of nitrogens with one attached hydrogen (secondary N) is 1. The molecule has 0 spiro atoms. The van der Waals surface area contributed by atoms with Crippen molar-refractivity contribution in [2.75, 3.05) is 11.6 Å². The van der Waals surface area contributed by atoms with Crippen LogP contribution in [0.25, 0.3) is 0 Å². The Morgan fingerprint density at radius 2 is 2.13 bits per heavy atom. The summed E-state index contributed by atoms with van der Waals surface area (Å²) in [4.78, 5) is 12.7. The number of carbonyl (C=O) groups excluding carboxylic acids is 1. The normalized spacial score (nSPS) is 17.7. The molecule has 1 aliphatic rings. The highest BCUT2D eigenvalue weighted by Crippen LogP contribution is 2.35. The quantitative estimate of drug-likeness (QED) is 0.743. The minimum Gasteiger partial charge on any atom is -0.476 e. The highest BCUT2D eigenvalue weighted by molar-refractivity contribution is 7.98. The highest BCUT2D eigenvalue weighted by atomic mass is 32.2. The first-order valence-corrected chi connectivity index (χ1v) is 5.94. The van der Waals surface area contributed by atoms with E-state index >= 15 is 0 Å². The molecule has 4 heteroatoms. The summed E-state index contributed by atoms with van der Waals surface area (Å²) in [6.45, 7) is 3.52. The molecule has 0 saturated heterocycles. The molecular weight excluding hydrogens is 210 g/mol. The molecule has 0 bridgehead atoms. The number of ether oxygens (including phenoxy) is 1. The first-order valence-electron chi connectivity index (χ1n) is 4.71. The lowest BCUT2D eigenvalue weighted by atomic mass is 10.1. The lowest BCUT2D eigenvalue weighted by Gasteiger charge is -2.31. The number of hydrogen-bond acceptors (Lipinski definition) is 3. The maximum Gasteiger partial charge on any atom is 0.268 e. The van der Waals surface area contributed by atoms with Crippen LogP contribution in [-0.2, 0) is 4.79 Å². The molecule has 15 heavy (non-hydrogen) atoms. The van der Waals surface area contributed by atoms with Gasteiger partial charge in [-0.25, -0.2) is 0 Å². The standard InChI is InChI=1S/C11H13NO2S/c1-11(2)10(13)12-8-6-7(15-3)4-5-9(8)14-11/h4-6H,1-3H3,(H,12,13). The Morgan fingerprint density at radius 3 is 2.80 bits per heavy atom. The molecule has 0 saturated carbocycles. The summed E-state index contributed by atoms with van der Waals surface area (Å²) in [6, 6.07) is 5.80. The second-order valence-electron chi connectivity index (χ2n) is 3.93.